The number of pyridine rings is 1. The van der Waals surface area contributed by atoms with Gasteiger partial charge in [0.15, 0.2) is 5.69 Å². The van der Waals surface area contributed by atoms with Crippen molar-refractivity contribution in [3.05, 3.63) is 47.3 Å². The van der Waals surface area contributed by atoms with Crippen LogP contribution < -0.4 is 0 Å². The molecule has 9 heteroatoms. The summed E-state index contributed by atoms with van der Waals surface area (Å²) in [4.78, 5) is 23.2. The topological polar surface area (TPSA) is 89.9 Å². The fourth-order valence-corrected chi connectivity index (χ4v) is 3.54. The minimum atomic E-state index is -0.173. The second-order valence-electron chi connectivity index (χ2n) is 6.67. The van der Waals surface area contributed by atoms with Crippen LogP contribution in [0.5, 0.6) is 0 Å². The third-order valence-electron chi connectivity index (χ3n) is 4.82. The van der Waals surface area contributed by atoms with Gasteiger partial charge in [0.1, 0.15) is 0 Å². The van der Waals surface area contributed by atoms with Crippen molar-refractivity contribution in [2.24, 2.45) is 5.92 Å². The van der Waals surface area contributed by atoms with E-state index in [4.69, 9.17) is 16.1 Å². The maximum Gasteiger partial charge on any atom is 0.275 e. The molecule has 0 bridgehead atoms. The van der Waals surface area contributed by atoms with Crippen LogP contribution >= 0.6 is 11.6 Å². The molecule has 0 aromatic carbocycles. The van der Waals surface area contributed by atoms with Crippen LogP contribution in [0.4, 0.5) is 0 Å². The first-order chi connectivity index (χ1) is 13.1. The van der Waals surface area contributed by atoms with Gasteiger partial charge in [0, 0.05) is 43.8 Å². The average molecular weight is 387 g/mol. The van der Waals surface area contributed by atoms with E-state index in [0.717, 1.165) is 5.56 Å². The van der Waals surface area contributed by atoms with Gasteiger partial charge < -0.3 is 9.42 Å². The minimum Gasteiger partial charge on any atom is -0.339 e. The zero-order valence-corrected chi connectivity index (χ0v) is 15.8. The number of rotatable bonds is 4. The monoisotopic (exact) mass is 386 g/mol. The summed E-state index contributed by atoms with van der Waals surface area (Å²) in [5.74, 6) is 1.01. The molecule has 2 atom stereocenters. The van der Waals surface area contributed by atoms with Gasteiger partial charge >= 0.3 is 0 Å². The number of carbonyl (C=O) groups excluding carboxylic acids is 1. The van der Waals surface area contributed by atoms with E-state index in [-0.39, 0.29) is 23.4 Å². The summed E-state index contributed by atoms with van der Waals surface area (Å²) in [5.41, 5.74) is 1.08. The van der Waals surface area contributed by atoms with Crippen molar-refractivity contribution in [1.29, 1.82) is 0 Å². The molecule has 1 fully saturated rings. The molecule has 140 valence electrons. The molecule has 3 aromatic heterocycles. The molecule has 0 saturated carbocycles. The molecule has 1 amide bonds. The van der Waals surface area contributed by atoms with Gasteiger partial charge in [-0.05, 0) is 25.0 Å². The first-order valence-electron chi connectivity index (χ1n) is 8.83. The first kappa shape index (κ1) is 17.7. The maximum atomic E-state index is 12.8. The number of aryl methyl sites for hydroxylation is 1. The lowest BCUT2D eigenvalue weighted by molar-refractivity contribution is 0.0779. The molecular weight excluding hydrogens is 368 g/mol. The predicted molar refractivity (Wildman–Crippen MR) is 98.2 cm³/mol. The number of nitrogens with zero attached hydrogens (tertiary/aromatic N) is 6. The second-order valence-corrected chi connectivity index (χ2v) is 7.08. The third-order valence-corrected chi connectivity index (χ3v) is 5.10. The van der Waals surface area contributed by atoms with E-state index in [1.807, 2.05) is 19.1 Å². The van der Waals surface area contributed by atoms with E-state index in [0.29, 0.717) is 36.4 Å². The van der Waals surface area contributed by atoms with Crippen molar-refractivity contribution in [2.75, 3.05) is 13.1 Å². The number of amides is 1. The van der Waals surface area contributed by atoms with Crippen LogP contribution in [0, 0.1) is 5.92 Å². The highest BCUT2D eigenvalue weighted by Gasteiger charge is 2.38. The Balaban J connectivity index is 1.52. The van der Waals surface area contributed by atoms with E-state index < -0.39 is 0 Å². The minimum absolute atomic E-state index is 0.0288. The lowest BCUT2D eigenvalue weighted by Gasteiger charge is -2.14. The normalized spacial score (nSPS) is 19.6. The summed E-state index contributed by atoms with van der Waals surface area (Å²) in [6.45, 7) is 5.75. The van der Waals surface area contributed by atoms with Crippen molar-refractivity contribution < 1.29 is 9.32 Å². The fraction of sp³-hybridized carbons (Fsp3) is 0.389. The van der Waals surface area contributed by atoms with Crippen LogP contribution in [0.3, 0.4) is 0 Å². The molecule has 3 aromatic rings. The molecular formula is C18H19ClN6O2. The number of halogens is 1. The molecule has 1 aliphatic rings. The van der Waals surface area contributed by atoms with E-state index in [2.05, 4.69) is 27.1 Å². The van der Waals surface area contributed by atoms with Crippen LogP contribution in [0.15, 0.2) is 35.2 Å². The van der Waals surface area contributed by atoms with E-state index in [1.54, 1.807) is 28.2 Å². The zero-order chi connectivity index (χ0) is 19.0. The fourth-order valence-electron chi connectivity index (χ4n) is 3.31. The van der Waals surface area contributed by atoms with E-state index in [1.165, 1.54) is 0 Å². The molecule has 0 spiro atoms. The Morgan fingerprint density at radius 1 is 1.41 bits per heavy atom. The Kier molecular flexibility index (Phi) is 4.65. The van der Waals surface area contributed by atoms with Gasteiger partial charge in [-0.25, -0.2) is 0 Å². The average Bonchev–Trinajstić information content (AvgIpc) is 3.40. The van der Waals surface area contributed by atoms with Crippen LogP contribution in [0.2, 0.25) is 5.02 Å². The number of carbonyl (C=O) groups is 1. The Labute approximate surface area is 161 Å². The summed E-state index contributed by atoms with van der Waals surface area (Å²) < 4.78 is 7.14. The van der Waals surface area contributed by atoms with Gasteiger partial charge in [0.2, 0.25) is 11.7 Å². The number of aromatic nitrogens is 5. The number of hydrogen-bond donors (Lipinski definition) is 0. The van der Waals surface area contributed by atoms with Gasteiger partial charge in [-0.15, -0.1) is 0 Å². The van der Waals surface area contributed by atoms with E-state index >= 15 is 0 Å². The highest BCUT2D eigenvalue weighted by molar-refractivity contribution is 6.33. The second kappa shape index (κ2) is 7.11. The van der Waals surface area contributed by atoms with Gasteiger partial charge in [-0.3, -0.25) is 14.5 Å². The standard InChI is InChI=1S/C18H19ClN6O2/c1-3-25-10-14(19)15(22-25)18(26)24-8-11(2)13(9-24)17-21-16(23-27-17)12-5-4-6-20-7-12/h4-7,10-11,13H,3,8-9H2,1-2H3. The van der Waals surface area contributed by atoms with Gasteiger partial charge in [-0.2, -0.15) is 10.1 Å². The Bertz CT molecular complexity index is 954. The van der Waals surface area contributed by atoms with Crippen molar-refractivity contribution in [3.63, 3.8) is 0 Å². The lowest BCUT2D eigenvalue weighted by atomic mass is 9.98. The summed E-state index contributed by atoms with van der Waals surface area (Å²) in [5, 5.41) is 8.70. The molecule has 8 nitrogen and oxygen atoms in total. The Morgan fingerprint density at radius 3 is 2.96 bits per heavy atom. The van der Waals surface area contributed by atoms with Crippen molar-refractivity contribution >= 4 is 17.5 Å². The largest absolute Gasteiger partial charge is 0.339 e. The van der Waals surface area contributed by atoms with Gasteiger partial charge in [0.05, 0.1) is 10.9 Å². The summed E-state index contributed by atoms with van der Waals surface area (Å²) in [6.07, 6.45) is 5.05. The van der Waals surface area contributed by atoms with Gasteiger partial charge in [0.25, 0.3) is 5.91 Å². The number of hydrogen-bond acceptors (Lipinski definition) is 6. The van der Waals surface area contributed by atoms with Crippen LogP contribution in [-0.2, 0) is 6.54 Å². The van der Waals surface area contributed by atoms with Crippen LogP contribution in [0.25, 0.3) is 11.4 Å². The van der Waals surface area contributed by atoms with Crippen LogP contribution in [0.1, 0.15) is 36.1 Å². The first-order valence-corrected chi connectivity index (χ1v) is 9.20. The molecule has 0 radical (unpaired) electrons. The molecule has 2 unspecified atom stereocenters. The van der Waals surface area contributed by atoms with Crippen molar-refractivity contribution in [1.82, 2.24) is 29.8 Å². The van der Waals surface area contributed by atoms with Crippen molar-refractivity contribution in [3.8, 4) is 11.4 Å². The molecule has 1 saturated heterocycles. The highest BCUT2D eigenvalue weighted by atomic mass is 35.5. The Morgan fingerprint density at radius 2 is 2.26 bits per heavy atom. The molecule has 27 heavy (non-hydrogen) atoms. The lowest BCUT2D eigenvalue weighted by Crippen LogP contribution is -2.29. The summed E-state index contributed by atoms with van der Waals surface area (Å²) in [7, 11) is 0. The van der Waals surface area contributed by atoms with Crippen LogP contribution in [-0.4, -0.2) is 48.8 Å². The smallest absolute Gasteiger partial charge is 0.275 e. The molecule has 0 N–H and O–H groups in total. The zero-order valence-electron chi connectivity index (χ0n) is 15.0. The molecule has 0 aliphatic carbocycles. The Hall–Kier alpha value is -2.74. The SMILES string of the molecule is CCn1cc(Cl)c(C(=O)N2CC(C)C(c3nc(-c4cccnc4)no3)C2)n1. The predicted octanol–water partition coefficient (Wildman–Crippen LogP) is 2.88. The summed E-state index contributed by atoms with van der Waals surface area (Å²) in [6, 6.07) is 3.70. The maximum absolute atomic E-state index is 12.8. The highest BCUT2D eigenvalue weighted by Crippen LogP contribution is 2.33. The molecule has 1 aliphatic heterocycles. The molecule has 4 heterocycles. The third kappa shape index (κ3) is 3.32. The van der Waals surface area contributed by atoms with Gasteiger partial charge in [-0.1, -0.05) is 23.7 Å². The van der Waals surface area contributed by atoms with E-state index in [9.17, 15) is 4.79 Å². The molecule has 4 rings (SSSR count). The van der Waals surface area contributed by atoms with Crippen molar-refractivity contribution in [2.45, 2.75) is 26.3 Å². The quantitative estimate of drug-likeness (QED) is 0.684. The number of likely N-dealkylation sites (tertiary alicyclic amines) is 1. The summed E-state index contributed by atoms with van der Waals surface area (Å²) >= 11 is 6.18.